The van der Waals surface area contributed by atoms with Crippen LogP contribution in [0, 0.1) is 0 Å². The minimum absolute atomic E-state index is 0.145. The van der Waals surface area contributed by atoms with Crippen LogP contribution in [-0.4, -0.2) is 59.5 Å². The summed E-state index contributed by atoms with van der Waals surface area (Å²) in [6.07, 6.45) is -2.78. The van der Waals surface area contributed by atoms with E-state index in [1.165, 1.54) is 39.5 Å². The molecule has 0 aromatic heterocycles. The summed E-state index contributed by atoms with van der Waals surface area (Å²) in [5.41, 5.74) is 1.09. The molecule has 2 aromatic rings. The summed E-state index contributed by atoms with van der Waals surface area (Å²) in [7, 11) is 0. The van der Waals surface area contributed by atoms with Crippen molar-refractivity contribution in [3.63, 3.8) is 0 Å². The van der Waals surface area contributed by atoms with E-state index in [1.807, 2.05) is 48.5 Å². The number of benzene rings is 2. The fourth-order valence-electron chi connectivity index (χ4n) is 3.99. The summed E-state index contributed by atoms with van der Waals surface area (Å²) < 4.78 is 28.2. The highest BCUT2D eigenvalue weighted by atomic mass is 32.2. The summed E-state index contributed by atoms with van der Waals surface area (Å²) >= 11 is 1.17. The van der Waals surface area contributed by atoms with Gasteiger partial charge in [-0.25, -0.2) is 0 Å². The van der Waals surface area contributed by atoms with Gasteiger partial charge in [0, 0.05) is 34.1 Å². The summed E-state index contributed by atoms with van der Waals surface area (Å²) in [6, 6.07) is 17.3. The molecule has 9 nitrogen and oxygen atoms in total. The predicted octanol–water partition coefficient (Wildman–Crippen LogP) is 3.46. The number of para-hydroxylation sites is 1. The number of hydrogen-bond acceptors (Lipinski definition) is 10. The van der Waals surface area contributed by atoms with E-state index in [0.29, 0.717) is 12.2 Å². The molecule has 198 valence electrons. The second-order valence-electron chi connectivity index (χ2n) is 8.46. The largest absolute Gasteiger partial charge is 0.475 e. The third-order valence-electron chi connectivity index (χ3n) is 5.40. The average Bonchev–Trinajstić information content (AvgIpc) is 2.82. The molecular formula is C27H30O9S. The summed E-state index contributed by atoms with van der Waals surface area (Å²) in [5.74, 6) is -1.92. The first kappa shape index (κ1) is 28.0. The maximum Gasteiger partial charge on any atom is 0.303 e. The fourth-order valence-corrected chi connectivity index (χ4v) is 5.37. The Morgan fingerprint density at radius 3 is 1.89 bits per heavy atom. The lowest BCUT2D eigenvalue weighted by molar-refractivity contribution is -0.190. The quantitative estimate of drug-likeness (QED) is 0.353. The highest BCUT2D eigenvalue weighted by molar-refractivity contribution is 8.00. The van der Waals surface area contributed by atoms with Crippen molar-refractivity contribution in [3.8, 4) is 5.75 Å². The summed E-state index contributed by atoms with van der Waals surface area (Å²) in [4.78, 5) is 47.6. The second-order valence-corrected chi connectivity index (χ2v) is 9.80. The zero-order valence-electron chi connectivity index (χ0n) is 21.1. The third-order valence-corrected chi connectivity index (χ3v) is 6.79. The van der Waals surface area contributed by atoms with Crippen LogP contribution in [0.5, 0.6) is 5.75 Å². The molecule has 1 saturated heterocycles. The average molecular weight is 531 g/mol. The minimum atomic E-state index is -1.20. The number of ether oxygens (including phenoxy) is 5. The van der Waals surface area contributed by atoms with Crippen molar-refractivity contribution < 1.29 is 42.9 Å². The highest BCUT2D eigenvalue weighted by Gasteiger charge is 2.53. The van der Waals surface area contributed by atoms with Gasteiger partial charge < -0.3 is 23.7 Å². The van der Waals surface area contributed by atoms with Crippen LogP contribution >= 0.6 is 11.8 Å². The van der Waals surface area contributed by atoms with Crippen molar-refractivity contribution in [2.75, 3.05) is 6.61 Å². The molecule has 1 aliphatic heterocycles. The monoisotopic (exact) mass is 530 g/mol. The van der Waals surface area contributed by atoms with Crippen molar-refractivity contribution in [3.05, 3.63) is 65.7 Å². The number of carbonyl (C=O) groups excluding carboxylic acids is 4. The summed E-state index contributed by atoms with van der Waals surface area (Å²) in [6.45, 7) is 4.74. The van der Waals surface area contributed by atoms with Crippen LogP contribution in [0.15, 0.2) is 54.6 Å². The predicted molar refractivity (Wildman–Crippen MR) is 135 cm³/mol. The highest BCUT2D eigenvalue weighted by Crippen LogP contribution is 2.40. The Kier molecular flexibility index (Phi) is 9.96. The minimum Gasteiger partial charge on any atom is -0.475 e. The molecule has 0 aliphatic carbocycles. The van der Waals surface area contributed by atoms with Crippen LogP contribution in [0.2, 0.25) is 0 Å². The Morgan fingerprint density at radius 1 is 0.703 bits per heavy atom. The smallest absolute Gasteiger partial charge is 0.303 e. The molecule has 3 rings (SSSR count). The standard InChI is InChI=1S/C27H30O9S/c1-16(28)32-15-23-24(33-17(2)29)25(34-18(3)30)26(35-19(4)31)27(37-23)36-22-13-9-8-12-21(22)14-20-10-6-5-7-11-20/h5-13,23-27H,14-15H2,1-4H3/t23-,24-,25+,26-,27-/m1/s1. The van der Waals surface area contributed by atoms with Crippen molar-refractivity contribution in [1.29, 1.82) is 0 Å². The molecule has 0 radical (unpaired) electrons. The lowest BCUT2D eigenvalue weighted by Gasteiger charge is -2.43. The van der Waals surface area contributed by atoms with Gasteiger partial charge in [0.2, 0.25) is 0 Å². The zero-order chi connectivity index (χ0) is 26.9. The Bertz CT molecular complexity index is 1100. The van der Waals surface area contributed by atoms with E-state index < -0.39 is 52.9 Å². The fraction of sp³-hybridized carbons (Fsp3) is 0.407. The molecule has 37 heavy (non-hydrogen) atoms. The van der Waals surface area contributed by atoms with Crippen molar-refractivity contribution in [1.82, 2.24) is 0 Å². The van der Waals surface area contributed by atoms with Gasteiger partial charge >= 0.3 is 23.9 Å². The van der Waals surface area contributed by atoms with Crippen LogP contribution in [0.4, 0.5) is 0 Å². The van der Waals surface area contributed by atoms with Crippen LogP contribution in [0.25, 0.3) is 0 Å². The number of rotatable bonds is 9. The van der Waals surface area contributed by atoms with Gasteiger partial charge in [-0.15, -0.1) is 11.8 Å². The first-order chi connectivity index (χ1) is 17.6. The van der Waals surface area contributed by atoms with E-state index in [-0.39, 0.29) is 6.61 Å². The molecule has 2 aromatic carbocycles. The van der Waals surface area contributed by atoms with Gasteiger partial charge in [0.25, 0.3) is 0 Å². The van der Waals surface area contributed by atoms with E-state index in [2.05, 4.69) is 0 Å². The number of hydrogen-bond donors (Lipinski definition) is 0. The molecule has 1 aliphatic rings. The van der Waals surface area contributed by atoms with Crippen LogP contribution in [0.3, 0.4) is 0 Å². The van der Waals surface area contributed by atoms with E-state index >= 15 is 0 Å². The van der Waals surface area contributed by atoms with Gasteiger partial charge in [-0.3, -0.25) is 19.2 Å². The first-order valence-electron chi connectivity index (χ1n) is 11.7. The molecule has 5 atom stereocenters. The second kappa shape index (κ2) is 13.1. The zero-order valence-corrected chi connectivity index (χ0v) is 21.9. The molecule has 0 N–H and O–H groups in total. The Labute approximate surface area is 219 Å². The van der Waals surface area contributed by atoms with Crippen LogP contribution in [0.1, 0.15) is 38.8 Å². The molecule has 0 amide bonds. The maximum atomic E-state index is 12.1. The molecule has 10 heteroatoms. The molecule has 1 fully saturated rings. The van der Waals surface area contributed by atoms with Crippen LogP contribution in [-0.2, 0) is 44.5 Å². The Balaban J connectivity index is 1.98. The van der Waals surface area contributed by atoms with Gasteiger partial charge in [-0.2, -0.15) is 0 Å². The molecule has 0 spiro atoms. The normalized spacial score (nSPS) is 22.9. The lowest BCUT2D eigenvalue weighted by Crippen LogP contribution is -2.59. The lowest BCUT2D eigenvalue weighted by atomic mass is 10.0. The molecule has 0 unspecified atom stereocenters. The molecular weight excluding hydrogens is 500 g/mol. The van der Waals surface area contributed by atoms with E-state index in [4.69, 9.17) is 23.7 Å². The number of esters is 4. The van der Waals surface area contributed by atoms with Crippen LogP contribution < -0.4 is 4.74 Å². The third kappa shape index (κ3) is 8.24. The van der Waals surface area contributed by atoms with Gasteiger partial charge in [0.15, 0.2) is 23.7 Å². The molecule has 0 saturated carbocycles. The number of carbonyl (C=O) groups is 4. The van der Waals surface area contributed by atoms with Gasteiger partial charge in [0.05, 0.1) is 5.25 Å². The van der Waals surface area contributed by atoms with Gasteiger partial charge in [-0.05, 0) is 17.2 Å². The molecule has 1 heterocycles. The van der Waals surface area contributed by atoms with E-state index in [0.717, 1.165) is 11.1 Å². The van der Waals surface area contributed by atoms with Gasteiger partial charge in [-0.1, -0.05) is 48.5 Å². The first-order valence-corrected chi connectivity index (χ1v) is 12.7. The number of thioether (sulfide) groups is 1. The maximum absolute atomic E-state index is 12.1. The Hall–Kier alpha value is -3.53. The van der Waals surface area contributed by atoms with Crippen molar-refractivity contribution in [2.24, 2.45) is 0 Å². The SMILES string of the molecule is CC(=O)OC[C@H]1S[C@@H](Oc2ccccc2Cc2ccccc2)[C@H](OC(C)=O)[C@@H](OC(C)=O)[C@@H]1OC(C)=O. The van der Waals surface area contributed by atoms with E-state index in [9.17, 15) is 19.2 Å². The Morgan fingerprint density at radius 2 is 1.27 bits per heavy atom. The van der Waals surface area contributed by atoms with E-state index in [1.54, 1.807) is 6.07 Å². The molecule has 0 bridgehead atoms. The van der Waals surface area contributed by atoms with Gasteiger partial charge in [0.1, 0.15) is 12.4 Å². The summed E-state index contributed by atoms with van der Waals surface area (Å²) in [5, 5.41) is -0.671. The van der Waals surface area contributed by atoms with Crippen molar-refractivity contribution >= 4 is 35.6 Å². The topological polar surface area (TPSA) is 114 Å². The van der Waals surface area contributed by atoms with Crippen molar-refractivity contribution in [2.45, 2.75) is 63.1 Å².